The Morgan fingerprint density at radius 1 is 1.00 bits per heavy atom. The molecule has 0 spiro atoms. The predicted molar refractivity (Wildman–Crippen MR) is 84.3 cm³/mol. The molecule has 0 aliphatic rings. The SMILES string of the molecule is CNS(=O)(=O)c1ccccc1NCc1ccc(CN)cc1. The summed E-state index contributed by atoms with van der Waals surface area (Å²) in [7, 11) is -2.07. The topological polar surface area (TPSA) is 84.2 Å². The molecular formula is C15H19N3O2S. The molecule has 0 radical (unpaired) electrons. The van der Waals surface area contributed by atoms with Crippen LogP contribution in [0.1, 0.15) is 11.1 Å². The van der Waals surface area contributed by atoms with Gasteiger partial charge in [0.05, 0.1) is 5.69 Å². The Morgan fingerprint density at radius 2 is 1.62 bits per heavy atom. The molecule has 0 unspecified atom stereocenters. The largest absolute Gasteiger partial charge is 0.380 e. The summed E-state index contributed by atoms with van der Waals surface area (Å²) >= 11 is 0. The summed E-state index contributed by atoms with van der Waals surface area (Å²) in [6.07, 6.45) is 0. The molecule has 0 aromatic heterocycles. The van der Waals surface area contributed by atoms with Crippen molar-refractivity contribution in [1.82, 2.24) is 4.72 Å². The van der Waals surface area contributed by atoms with E-state index in [0.29, 0.717) is 18.8 Å². The number of benzene rings is 2. The highest BCUT2D eigenvalue weighted by molar-refractivity contribution is 7.89. The molecule has 0 heterocycles. The van der Waals surface area contributed by atoms with Crippen LogP contribution in [-0.2, 0) is 23.1 Å². The maximum absolute atomic E-state index is 12.0. The van der Waals surface area contributed by atoms with Crippen LogP contribution in [0, 0.1) is 0 Å². The highest BCUT2D eigenvalue weighted by atomic mass is 32.2. The third-order valence-electron chi connectivity index (χ3n) is 3.19. The number of rotatable bonds is 6. The molecule has 0 amide bonds. The van der Waals surface area contributed by atoms with Crippen molar-refractivity contribution in [2.24, 2.45) is 5.73 Å². The molecule has 4 N–H and O–H groups in total. The number of hydrogen-bond acceptors (Lipinski definition) is 4. The van der Waals surface area contributed by atoms with E-state index in [1.807, 2.05) is 24.3 Å². The fourth-order valence-corrected chi connectivity index (χ4v) is 2.85. The summed E-state index contributed by atoms with van der Waals surface area (Å²) in [5, 5.41) is 3.16. The van der Waals surface area contributed by atoms with Crippen LogP contribution in [0.5, 0.6) is 0 Å². The van der Waals surface area contributed by atoms with Gasteiger partial charge in [-0.05, 0) is 30.3 Å². The zero-order chi connectivity index (χ0) is 15.3. The summed E-state index contributed by atoms with van der Waals surface area (Å²) in [6, 6.07) is 14.7. The third-order valence-corrected chi connectivity index (χ3v) is 4.66. The Balaban J connectivity index is 2.16. The fraction of sp³-hybridized carbons (Fsp3) is 0.200. The van der Waals surface area contributed by atoms with Crippen molar-refractivity contribution in [3.8, 4) is 0 Å². The van der Waals surface area contributed by atoms with Gasteiger partial charge in [0.1, 0.15) is 4.90 Å². The lowest BCUT2D eigenvalue weighted by Crippen LogP contribution is -2.20. The molecule has 5 nitrogen and oxygen atoms in total. The van der Waals surface area contributed by atoms with Gasteiger partial charge in [0.15, 0.2) is 0 Å². The molecule has 0 saturated carbocycles. The van der Waals surface area contributed by atoms with E-state index >= 15 is 0 Å². The van der Waals surface area contributed by atoms with E-state index in [2.05, 4.69) is 10.0 Å². The minimum atomic E-state index is -3.47. The molecular weight excluding hydrogens is 286 g/mol. The molecule has 2 rings (SSSR count). The monoisotopic (exact) mass is 305 g/mol. The van der Waals surface area contributed by atoms with Crippen LogP contribution in [0.3, 0.4) is 0 Å². The van der Waals surface area contributed by atoms with Crippen molar-refractivity contribution >= 4 is 15.7 Å². The molecule has 0 saturated heterocycles. The van der Waals surface area contributed by atoms with E-state index in [4.69, 9.17) is 5.73 Å². The number of hydrogen-bond donors (Lipinski definition) is 3. The first-order chi connectivity index (χ1) is 10.1. The van der Waals surface area contributed by atoms with Crippen molar-refractivity contribution in [2.45, 2.75) is 18.0 Å². The highest BCUT2D eigenvalue weighted by Crippen LogP contribution is 2.21. The van der Waals surface area contributed by atoms with Crippen LogP contribution in [0.15, 0.2) is 53.4 Å². The summed E-state index contributed by atoms with van der Waals surface area (Å²) < 4.78 is 26.2. The second-order valence-corrected chi connectivity index (χ2v) is 6.43. The first kappa shape index (κ1) is 15.5. The van der Waals surface area contributed by atoms with Gasteiger partial charge >= 0.3 is 0 Å². The first-order valence-corrected chi connectivity index (χ1v) is 8.09. The summed E-state index contributed by atoms with van der Waals surface area (Å²) in [4.78, 5) is 0.242. The number of nitrogens with one attached hydrogen (secondary N) is 2. The Kier molecular flexibility index (Phi) is 4.95. The smallest absolute Gasteiger partial charge is 0.242 e. The zero-order valence-electron chi connectivity index (χ0n) is 11.8. The fourth-order valence-electron chi connectivity index (χ4n) is 1.95. The average Bonchev–Trinajstić information content (AvgIpc) is 2.53. The molecule has 112 valence electrons. The first-order valence-electron chi connectivity index (χ1n) is 6.61. The van der Waals surface area contributed by atoms with Crippen LogP contribution in [0.2, 0.25) is 0 Å². The minimum absolute atomic E-state index is 0.242. The third kappa shape index (κ3) is 3.81. The van der Waals surface area contributed by atoms with Gasteiger partial charge in [-0.25, -0.2) is 13.1 Å². The Hall–Kier alpha value is -1.89. The van der Waals surface area contributed by atoms with E-state index in [9.17, 15) is 8.42 Å². The van der Waals surface area contributed by atoms with Crippen LogP contribution < -0.4 is 15.8 Å². The normalized spacial score (nSPS) is 11.3. The van der Waals surface area contributed by atoms with Crippen molar-refractivity contribution in [3.63, 3.8) is 0 Å². The lowest BCUT2D eigenvalue weighted by atomic mass is 10.1. The van der Waals surface area contributed by atoms with Crippen LogP contribution >= 0.6 is 0 Å². The maximum Gasteiger partial charge on any atom is 0.242 e. The molecule has 0 aliphatic carbocycles. The Labute approximate surface area is 125 Å². The van der Waals surface area contributed by atoms with Crippen LogP contribution in [-0.4, -0.2) is 15.5 Å². The van der Waals surface area contributed by atoms with Gasteiger partial charge in [-0.15, -0.1) is 0 Å². The quantitative estimate of drug-likeness (QED) is 0.758. The summed E-state index contributed by atoms with van der Waals surface area (Å²) in [6.45, 7) is 1.05. The maximum atomic E-state index is 12.0. The predicted octanol–water partition coefficient (Wildman–Crippen LogP) is 1.67. The highest BCUT2D eigenvalue weighted by Gasteiger charge is 2.15. The van der Waals surface area contributed by atoms with Crippen LogP contribution in [0.4, 0.5) is 5.69 Å². The van der Waals surface area contributed by atoms with E-state index in [0.717, 1.165) is 11.1 Å². The number of anilines is 1. The van der Waals surface area contributed by atoms with Gasteiger partial charge in [0.2, 0.25) is 10.0 Å². The van der Waals surface area contributed by atoms with Crippen molar-refractivity contribution in [1.29, 1.82) is 0 Å². The molecule has 0 fully saturated rings. The van der Waals surface area contributed by atoms with Crippen molar-refractivity contribution < 1.29 is 8.42 Å². The standard InChI is InChI=1S/C15H19N3O2S/c1-17-21(19,20)15-5-3-2-4-14(15)18-11-13-8-6-12(10-16)7-9-13/h2-9,17-18H,10-11,16H2,1H3. The van der Waals surface area contributed by atoms with Crippen molar-refractivity contribution in [2.75, 3.05) is 12.4 Å². The van der Waals surface area contributed by atoms with E-state index in [1.54, 1.807) is 24.3 Å². The van der Waals surface area contributed by atoms with Gasteiger partial charge < -0.3 is 11.1 Å². The summed E-state index contributed by atoms with van der Waals surface area (Å²) in [5.74, 6) is 0. The zero-order valence-corrected chi connectivity index (χ0v) is 12.7. The summed E-state index contributed by atoms with van der Waals surface area (Å²) in [5.41, 5.74) is 8.26. The Bertz CT molecular complexity index is 697. The van der Waals surface area contributed by atoms with E-state index in [-0.39, 0.29) is 4.90 Å². The number of para-hydroxylation sites is 1. The van der Waals surface area contributed by atoms with Gasteiger partial charge in [-0.2, -0.15) is 0 Å². The Morgan fingerprint density at radius 3 is 2.24 bits per heavy atom. The molecule has 21 heavy (non-hydrogen) atoms. The van der Waals surface area contributed by atoms with Gasteiger partial charge in [0.25, 0.3) is 0 Å². The minimum Gasteiger partial charge on any atom is -0.380 e. The molecule has 0 aliphatic heterocycles. The van der Waals surface area contributed by atoms with Crippen molar-refractivity contribution in [3.05, 3.63) is 59.7 Å². The molecule has 0 atom stereocenters. The average molecular weight is 305 g/mol. The molecule has 6 heteroatoms. The van der Waals surface area contributed by atoms with E-state index < -0.39 is 10.0 Å². The van der Waals surface area contributed by atoms with E-state index in [1.165, 1.54) is 7.05 Å². The second-order valence-electron chi connectivity index (χ2n) is 4.58. The lowest BCUT2D eigenvalue weighted by Gasteiger charge is -2.12. The van der Waals surface area contributed by atoms with Gasteiger partial charge in [0, 0.05) is 13.1 Å². The van der Waals surface area contributed by atoms with Gasteiger partial charge in [-0.1, -0.05) is 36.4 Å². The lowest BCUT2D eigenvalue weighted by molar-refractivity contribution is 0.588. The molecule has 2 aromatic carbocycles. The molecule has 2 aromatic rings. The second kappa shape index (κ2) is 6.71. The number of sulfonamides is 1. The molecule has 0 bridgehead atoms. The van der Waals surface area contributed by atoms with Gasteiger partial charge in [-0.3, -0.25) is 0 Å². The number of nitrogens with two attached hydrogens (primary N) is 1. The van der Waals surface area contributed by atoms with Crippen LogP contribution in [0.25, 0.3) is 0 Å².